The van der Waals surface area contributed by atoms with Gasteiger partial charge in [-0.1, -0.05) is 23.2 Å². The number of H-pyrrole nitrogens is 1. The summed E-state index contributed by atoms with van der Waals surface area (Å²) in [5.74, 6) is 0.433. The fourth-order valence-corrected chi connectivity index (χ4v) is 2.09. The predicted octanol–water partition coefficient (Wildman–Crippen LogP) is 2.59. The molecule has 0 saturated heterocycles. The second-order valence-electron chi connectivity index (χ2n) is 4.08. The molecular formula is C13H12Cl2N2O2. The van der Waals surface area contributed by atoms with Crippen molar-refractivity contribution in [2.45, 2.75) is 13.3 Å². The highest BCUT2D eigenvalue weighted by Gasteiger charge is 2.10. The van der Waals surface area contributed by atoms with Crippen LogP contribution in [0.25, 0.3) is 11.4 Å². The van der Waals surface area contributed by atoms with Gasteiger partial charge < -0.3 is 10.1 Å². The first kappa shape index (κ1) is 14.1. The maximum atomic E-state index is 11.9. The molecule has 4 nitrogen and oxygen atoms in total. The van der Waals surface area contributed by atoms with Crippen LogP contribution in [0.4, 0.5) is 0 Å². The number of aliphatic hydroxyl groups excluding tert-OH is 1. The van der Waals surface area contributed by atoms with E-state index in [1.54, 1.807) is 25.1 Å². The van der Waals surface area contributed by atoms with E-state index in [0.717, 1.165) is 0 Å². The first-order valence-electron chi connectivity index (χ1n) is 5.69. The van der Waals surface area contributed by atoms with Crippen LogP contribution in [0.3, 0.4) is 0 Å². The standard InChI is InChI=1S/C13H12Cl2N2O2/c1-7-9(4-5-18)13(19)17-12(16-7)8-2-3-10(14)11(15)6-8/h2-3,6,18H,4-5H2,1H3,(H,16,17,19). The van der Waals surface area contributed by atoms with Crippen LogP contribution >= 0.6 is 23.2 Å². The van der Waals surface area contributed by atoms with Gasteiger partial charge in [0.2, 0.25) is 0 Å². The zero-order valence-electron chi connectivity index (χ0n) is 10.2. The van der Waals surface area contributed by atoms with Crippen LogP contribution in [-0.2, 0) is 6.42 Å². The number of hydrogen-bond donors (Lipinski definition) is 2. The average Bonchev–Trinajstić information content (AvgIpc) is 2.37. The van der Waals surface area contributed by atoms with Crippen molar-refractivity contribution in [1.82, 2.24) is 9.97 Å². The average molecular weight is 299 g/mol. The molecule has 19 heavy (non-hydrogen) atoms. The Hall–Kier alpha value is -1.36. The van der Waals surface area contributed by atoms with Crippen LogP contribution in [0.5, 0.6) is 0 Å². The molecule has 0 amide bonds. The molecule has 1 heterocycles. The lowest BCUT2D eigenvalue weighted by Crippen LogP contribution is -2.18. The SMILES string of the molecule is Cc1nc(-c2ccc(Cl)c(Cl)c2)[nH]c(=O)c1CCO. The summed E-state index contributed by atoms with van der Waals surface area (Å²) in [4.78, 5) is 18.9. The van der Waals surface area contributed by atoms with Gasteiger partial charge in [-0.2, -0.15) is 0 Å². The molecule has 2 N–H and O–H groups in total. The van der Waals surface area contributed by atoms with E-state index in [2.05, 4.69) is 9.97 Å². The highest BCUT2D eigenvalue weighted by atomic mass is 35.5. The molecule has 0 fully saturated rings. The van der Waals surface area contributed by atoms with Crippen LogP contribution in [0, 0.1) is 6.92 Å². The number of nitrogens with one attached hydrogen (secondary N) is 1. The van der Waals surface area contributed by atoms with Crippen molar-refractivity contribution in [3.05, 3.63) is 49.9 Å². The van der Waals surface area contributed by atoms with Gasteiger partial charge >= 0.3 is 0 Å². The van der Waals surface area contributed by atoms with E-state index < -0.39 is 0 Å². The Kier molecular flexibility index (Phi) is 4.24. The molecule has 0 saturated carbocycles. The quantitative estimate of drug-likeness (QED) is 0.915. The topological polar surface area (TPSA) is 66.0 Å². The van der Waals surface area contributed by atoms with E-state index in [1.165, 1.54) is 0 Å². The van der Waals surface area contributed by atoms with Crippen LogP contribution in [0.2, 0.25) is 10.0 Å². The van der Waals surface area contributed by atoms with E-state index in [0.29, 0.717) is 32.7 Å². The van der Waals surface area contributed by atoms with Gasteiger partial charge in [-0.15, -0.1) is 0 Å². The molecule has 0 atom stereocenters. The number of aliphatic hydroxyl groups is 1. The molecule has 0 aliphatic carbocycles. The monoisotopic (exact) mass is 298 g/mol. The summed E-state index contributed by atoms with van der Waals surface area (Å²) < 4.78 is 0. The number of nitrogens with zero attached hydrogens (tertiary/aromatic N) is 1. The summed E-state index contributed by atoms with van der Waals surface area (Å²) in [5.41, 5.74) is 1.53. The van der Waals surface area contributed by atoms with E-state index in [4.69, 9.17) is 28.3 Å². The third-order valence-electron chi connectivity index (χ3n) is 2.78. The van der Waals surface area contributed by atoms with Crippen molar-refractivity contribution in [1.29, 1.82) is 0 Å². The van der Waals surface area contributed by atoms with Crippen molar-refractivity contribution >= 4 is 23.2 Å². The minimum absolute atomic E-state index is 0.0856. The second kappa shape index (κ2) is 5.74. The van der Waals surface area contributed by atoms with Crippen molar-refractivity contribution in [2.75, 3.05) is 6.61 Å². The summed E-state index contributed by atoms with van der Waals surface area (Å²) in [5, 5.41) is 9.76. The van der Waals surface area contributed by atoms with Crippen molar-refractivity contribution < 1.29 is 5.11 Å². The molecule has 0 unspecified atom stereocenters. The summed E-state index contributed by atoms with van der Waals surface area (Å²) >= 11 is 11.8. The minimum Gasteiger partial charge on any atom is -0.396 e. The maximum Gasteiger partial charge on any atom is 0.254 e. The molecule has 0 aliphatic rings. The Morgan fingerprint density at radius 2 is 2.05 bits per heavy atom. The fraction of sp³-hybridized carbons (Fsp3) is 0.231. The molecule has 0 aliphatic heterocycles. The lowest BCUT2D eigenvalue weighted by atomic mass is 10.1. The third kappa shape index (κ3) is 2.97. The summed E-state index contributed by atoms with van der Waals surface area (Å²) in [6.45, 7) is 1.65. The van der Waals surface area contributed by atoms with Crippen LogP contribution in [0.15, 0.2) is 23.0 Å². The lowest BCUT2D eigenvalue weighted by Gasteiger charge is -2.07. The number of aromatic nitrogens is 2. The number of aryl methyl sites for hydroxylation is 1. The summed E-state index contributed by atoms with van der Waals surface area (Å²) in [6.07, 6.45) is 0.288. The summed E-state index contributed by atoms with van der Waals surface area (Å²) in [7, 11) is 0. The van der Waals surface area contributed by atoms with E-state index in [-0.39, 0.29) is 18.6 Å². The van der Waals surface area contributed by atoms with Gasteiger partial charge in [-0.05, 0) is 25.1 Å². The molecule has 0 spiro atoms. The first-order valence-corrected chi connectivity index (χ1v) is 6.44. The number of benzene rings is 1. The molecular weight excluding hydrogens is 287 g/mol. The van der Waals surface area contributed by atoms with Crippen molar-refractivity contribution in [2.24, 2.45) is 0 Å². The van der Waals surface area contributed by atoms with Crippen LogP contribution in [0.1, 0.15) is 11.3 Å². The van der Waals surface area contributed by atoms with Crippen molar-refractivity contribution in [3.63, 3.8) is 0 Å². The van der Waals surface area contributed by atoms with Crippen LogP contribution in [-0.4, -0.2) is 21.7 Å². The molecule has 2 rings (SSSR count). The molecule has 1 aromatic heterocycles. The molecule has 0 bridgehead atoms. The normalized spacial score (nSPS) is 10.7. The van der Waals surface area contributed by atoms with Gasteiger partial charge in [0.1, 0.15) is 5.82 Å². The van der Waals surface area contributed by atoms with E-state index in [1.807, 2.05) is 0 Å². The zero-order chi connectivity index (χ0) is 14.0. The second-order valence-corrected chi connectivity index (χ2v) is 4.90. The predicted molar refractivity (Wildman–Crippen MR) is 75.8 cm³/mol. The Morgan fingerprint density at radius 3 is 2.63 bits per heavy atom. The van der Waals surface area contributed by atoms with Gasteiger partial charge in [0, 0.05) is 29.8 Å². The lowest BCUT2D eigenvalue weighted by molar-refractivity contribution is 0.298. The van der Waals surface area contributed by atoms with E-state index >= 15 is 0 Å². The van der Waals surface area contributed by atoms with Gasteiger partial charge in [0.15, 0.2) is 0 Å². The molecule has 2 aromatic rings. The molecule has 1 aromatic carbocycles. The van der Waals surface area contributed by atoms with Crippen LogP contribution < -0.4 is 5.56 Å². The van der Waals surface area contributed by atoms with Gasteiger partial charge in [0.25, 0.3) is 5.56 Å². The fourth-order valence-electron chi connectivity index (χ4n) is 1.80. The zero-order valence-corrected chi connectivity index (χ0v) is 11.7. The smallest absolute Gasteiger partial charge is 0.254 e. The Labute approximate surface area is 120 Å². The molecule has 0 radical (unpaired) electrons. The maximum absolute atomic E-state index is 11.9. The number of rotatable bonds is 3. The van der Waals surface area contributed by atoms with Crippen molar-refractivity contribution in [3.8, 4) is 11.4 Å². The third-order valence-corrected chi connectivity index (χ3v) is 3.52. The Morgan fingerprint density at radius 1 is 1.32 bits per heavy atom. The number of hydrogen-bond acceptors (Lipinski definition) is 3. The molecule has 6 heteroatoms. The largest absolute Gasteiger partial charge is 0.396 e. The Balaban J connectivity index is 2.52. The van der Waals surface area contributed by atoms with Gasteiger partial charge in [0.05, 0.1) is 10.0 Å². The number of halogens is 2. The summed E-state index contributed by atoms with van der Waals surface area (Å²) in [6, 6.07) is 5.03. The van der Waals surface area contributed by atoms with E-state index in [9.17, 15) is 4.79 Å². The minimum atomic E-state index is -0.248. The first-order chi connectivity index (χ1) is 9.02. The molecule has 100 valence electrons. The highest BCUT2D eigenvalue weighted by molar-refractivity contribution is 6.42. The van der Waals surface area contributed by atoms with Gasteiger partial charge in [-0.3, -0.25) is 4.79 Å². The van der Waals surface area contributed by atoms with Gasteiger partial charge in [-0.25, -0.2) is 4.98 Å². The number of aromatic amines is 1. The Bertz CT molecular complexity index is 668. The highest BCUT2D eigenvalue weighted by Crippen LogP contribution is 2.26.